The van der Waals surface area contributed by atoms with E-state index in [0.717, 1.165) is 21.4 Å². The number of nitrogens with zero attached hydrogens (tertiary/aromatic N) is 2. The van der Waals surface area contributed by atoms with Crippen molar-refractivity contribution in [3.8, 4) is 22.5 Å². The molecule has 3 heteroatoms. The Morgan fingerprint density at radius 1 is 0.586 bits per heavy atom. The van der Waals surface area contributed by atoms with E-state index in [2.05, 4.69) is 86.6 Å². The van der Waals surface area contributed by atoms with Gasteiger partial charge in [-0.1, -0.05) is 64.5 Å². The Labute approximate surface area is 176 Å². The van der Waals surface area contributed by atoms with Crippen LogP contribution in [0, 0.1) is 0 Å². The van der Waals surface area contributed by atoms with Crippen LogP contribution in [0.1, 0.15) is 0 Å². The lowest BCUT2D eigenvalue weighted by atomic mass is 9.90. The standard InChI is InChI=1S/C26H15BrN2/c27-22-11-7-17-5-9-20-19(8-4-16-6-10-21(22)26(17)25(16)20)18-12-14-29-24(15-18)23-3-1-2-13-28-23/h1-15H. The summed E-state index contributed by atoms with van der Waals surface area (Å²) in [4.78, 5) is 8.99. The van der Waals surface area contributed by atoms with Crippen LogP contribution in [-0.4, -0.2) is 9.97 Å². The molecule has 0 saturated heterocycles. The van der Waals surface area contributed by atoms with Crippen molar-refractivity contribution >= 4 is 48.2 Å². The van der Waals surface area contributed by atoms with Crippen LogP contribution in [0.5, 0.6) is 0 Å². The molecule has 6 rings (SSSR count). The van der Waals surface area contributed by atoms with Crippen molar-refractivity contribution < 1.29 is 0 Å². The van der Waals surface area contributed by atoms with E-state index in [1.807, 2.05) is 24.4 Å². The molecule has 0 bridgehead atoms. The van der Waals surface area contributed by atoms with Gasteiger partial charge in [-0.15, -0.1) is 0 Å². The van der Waals surface area contributed by atoms with Gasteiger partial charge in [0.25, 0.3) is 0 Å². The smallest absolute Gasteiger partial charge is 0.0892 e. The highest BCUT2D eigenvalue weighted by molar-refractivity contribution is 9.10. The number of rotatable bonds is 2. The second-order valence-corrected chi connectivity index (χ2v) is 8.08. The Kier molecular flexibility index (Phi) is 3.65. The van der Waals surface area contributed by atoms with Crippen molar-refractivity contribution in [2.45, 2.75) is 0 Å². The van der Waals surface area contributed by atoms with Crippen LogP contribution < -0.4 is 0 Å². The van der Waals surface area contributed by atoms with Crippen molar-refractivity contribution in [2.24, 2.45) is 0 Å². The maximum absolute atomic E-state index is 4.54. The molecule has 0 aliphatic heterocycles. The largest absolute Gasteiger partial charge is 0.255 e. The fourth-order valence-electron chi connectivity index (χ4n) is 4.27. The van der Waals surface area contributed by atoms with E-state index in [1.54, 1.807) is 6.20 Å². The second kappa shape index (κ2) is 6.36. The molecule has 6 aromatic rings. The molecule has 2 aromatic heterocycles. The predicted octanol–water partition coefficient (Wildman–Crippen LogP) is 7.47. The first-order chi connectivity index (χ1) is 14.3. The molecule has 0 atom stereocenters. The number of hydrogen-bond donors (Lipinski definition) is 0. The van der Waals surface area contributed by atoms with Gasteiger partial charge >= 0.3 is 0 Å². The first kappa shape index (κ1) is 16.6. The van der Waals surface area contributed by atoms with Gasteiger partial charge in [0.15, 0.2) is 0 Å². The van der Waals surface area contributed by atoms with E-state index in [-0.39, 0.29) is 0 Å². The summed E-state index contributed by atoms with van der Waals surface area (Å²) < 4.78 is 1.13. The molecule has 0 aliphatic carbocycles. The maximum atomic E-state index is 4.54. The van der Waals surface area contributed by atoms with Gasteiger partial charge in [-0.2, -0.15) is 0 Å². The Morgan fingerprint density at radius 2 is 1.31 bits per heavy atom. The van der Waals surface area contributed by atoms with Crippen LogP contribution in [-0.2, 0) is 0 Å². The zero-order chi connectivity index (χ0) is 19.4. The summed E-state index contributed by atoms with van der Waals surface area (Å²) in [6.45, 7) is 0. The summed E-state index contributed by atoms with van der Waals surface area (Å²) in [7, 11) is 0. The van der Waals surface area contributed by atoms with Gasteiger partial charge in [0, 0.05) is 16.9 Å². The van der Waals surface area contributed by atoms with Crippen LogP contribution in [0.25, 0.3) is 54.8 Å². The normalized spacial score (nSPS) is 11.6. The lowest BCUT2D eigenvalue weighted by molar-refractivity contribution is 1.25. The van der Waals surface area contributed by atoms with Gasteiger partial charge in [0.1, 0.15) is 0 Å². The second-order valence-electron chi connectivity index (χ2n) is 7.23. The molecule has 0 saturated carbocycles. The summed E-state index contributed by atoms with van der Waals surface area (Å²) in [5.41, 5.74) is 4.14. The SMILES string of the molecule is Brc1ccc2ccc3c(-c4ccnc(-c5ccccn5)c4)ccc4ccc1c2c43. The predicted molar refractivity (Wildman–Crippen MR) is 124 cm³/mol. The minimum atomic E-state index is 0.885. The topological polar surface area (TPSA) is 25.8 Å². The van der Waals surface area contributed by atoms with E-state index >= 15 is 0 Å². The number of pyridine rings is 2. The van der Waals surface area contributed by atoms with Gasteiger partial charge in [-0.3, -0.25) is 9.97 Å². The highest BCUT2D eigenvalue weighted by Crippen LogP contribution is 2.41. The molecule has 29 heavy (non-hydrogen) atoms. The van der Waals surface area contributed by atoms with Crippen molar-refractivity contribution in [1.29, 1.82) is 0 Å². The van der Waals surface area contributed by atoms with E-state index in [9.17, 15) is 0 Å². The highest BCUT2D eigenvalue weighted by Gasteiger charge is 2.14. The Balaban J connectivity index is 1.66. The Bertz CT molecular complexity index is 1510. The summed E-state index contributed by atoms with van der Waals surface area (Å²) in [5, 5.41) is 7.67. The fraction of sp³-hybridized carbons (Fsp3) is 0. The maximum Gasteiger partial charge on any atom is 0.0892 e. The molecule has 0 N–H and O–H groups in total. The lowest BCUT2D eigenvalue weighted by Crippen LogP contribution is -1.90. The molecule has 0 aliphatic rings. The quantitative estimate of drug-likeness (QED) is 0.264. The summed E-state index contributed by atoms with van der Waals surface area (Å²) in [6, 6.07) is 27.8. The van der Waals surface area contributed by atoms with Crippen molar-refractivity contribution in [1.82, 2.24) is 9.97 Å². The minimum absolute atomic E-state index is 0.885. The number of halogens is 1. The molecule has 0 fully saturated rings. The van der Waals surface area contributed by atoms with Crippen LogP contribution in [0.15, 0.2) is 95.7 Å². The highest BCUT2D eigenvalue weighted by atomic mass is 79.9. The fourth-order valence-corrected chi connectivity index (χ4v) is 4.73. The summed E-state index contributed by atoms with van der Waals surface area (Å²) >= 11 is 3.72. The van der Waals surface area contributed by atoms with Crippen LogP contribution in [0.3, 0.4) is 0 Å². The van der Waals surface area contributed by atoms with E-state index in [0.29, 0.717) is 0 Å². The van der Waals surface area contributed by atoms with Gasteiger partial charge in [-0.05, 0) is 73.8 Å². The molecule has 0 radical (unpaired) electrons. The average molecular weight is 435 g/mol. The number of aromatic nitrogens is 2. The summed E-state index contributed by atoms with van der Waals surface area (Å²) in [5.74, 6) is 0. The van der Waals surface area contributed by atoms with E-state index in [4.69, 9.17) is 0 Å². The van der Waals surface area contributed by atoms with E-state index < -0.39 is 0 Å². The van der Waals surface area contributed by atoms with Crippen molar-refractivity contribution in [3.05, 3.63) is 95.7 Å². The van der Waals surface area contributed by atoms with Gasteiger partial charge in [0.2, 0.25) is 0 Å². The Morgan fingerprint density at radius 3 is 2.14 bits per heavy atom. The molecule has 0 spiro atoms. The van der Waals surface area contributed by atoms with Gasteiger partial charge < -0.3 is 0 Å². The molecule has 0 unspecified atom stereocenters. The molecular weight excluding hydrogens is 420 g/mol. The third-order valence-electron chi connectivity index (χ3n) is 5.61. The van der Waals surface area contributed by atoms with E-state index in [1.165, 1.54) is 37.9 Å². The van der Waals surface area contributed by atoms with Crippen molar-refractivity contribution in [2.75, 3.05) is 0 Å². The molecule has 2 nitrogen and oxygen atoms in total. The number of hydrogen-bond acceptors (Lipinski definition) is 2. The third kappa shape index (κ3) is 2.55. The van der Waals surface area contributed by atoms with Crippen LogP contribution in [0.2, 0.25) is 0 Å². The lowest BCUT2D eigenvalue weighted by Gasteiger charge is -2.15. The molecular formula is C26H15BrN2. The molecule has 136 valence electrons. The van der Waals surface area contributed by atoms with Gasteiger partial charge in [-0.25, -0.2) is 0 Å². The van der Waals surface area contributed by atoms with Gasteiger partial charge in [0.05, 0.1) is 11.4 Å². The molecule has 2 heterocycles. The minimum Gasteiger partial charge on any atom is -0.255 e. The van der Waals surface area contributed by atoms with Crippen molar-refractivity contribution in [3.63, 3.8) is 0 Å². The summed E-state index contributed by atoms with van der Waals surface area (Å²) in [6.07, 6.45) is 3.67. The van der Waals surface area contributed by atoms with Crippen LogP contribution >= 0.6 is 15.9 Å². The zero-order valence-corrected chi connectivity index (χ0v) is 17.0. The third-order valence-corrected chi connectivity index (χ3v) is 6.30. The molecule has 0 amide bonds. The zero-order valence-electron chi connectivity index (χ0n) is 15.4. The monoisotopic (exact) mass is 434 g/mol. The number of benzene rings is 4. The Hall–Kier alpha value is -3.30. The average Bonchev–Trinajstić information content (AvgIpc) is 2.79. The first-order valence-electron chi connectivity index (χ1n) is 9.53. The first-order valence-corrected chi connectivity index (χ1v) is 10.3. The van der Waals surface area contributed by atoms with Crippen LogP contribution in [0.4, 0.5) is 0 Å². The molecule has 4 aromatic carbocycles.